The predicted molar refractivity (Wildman–Crippen MR) is 56.3 cm³/mol. The number of benzene rings is 1. The Morgan fingerprint density at radius 3 is 2.64 bits per heavy atom. The fourth-order valence-electron chi connectivity index (χ4n) is 1.35. The van der Waals surface area contributed by atoms with Crippen molar-refractivity contribution < 1.29 is 9.53 Å². The minimum Gasteiger partial charge on any atom is -0.497 e. The molecule has 74 valence electrons. The highest BCUT2D eigenvalue weighted by Crippen LogP contribution is 2.31. The molecule has 1 fully saturated rings. The topological polar surface area (TPSA) is 38.3 Å². The molecule has 0 aromatic heterocycles. The van der Waals surface area contributed by atoms with Crippen molar-refractivity contribution in [2.45, 2.75) is 5.37 Å². The summed E-state index contributed by atoms with van der Waals surface area (Å²) in [4.78, 5) is 11.0. The first-order valence-corrected chi connectivity index (χ1v) is 5.39. The number of carbonyl (C=O) groups excluding carboxylic acids is 1. The fourth-order valence-corrected chi connectivity index (χ4v) is 2.31. The average Bonchev–Trinajstić information content (AvgIpc) is 2.65. The van der Waals surface area contributed by atoms with Crippen molar-refractivity contribution >= 4 is 17.7 Å². The van der Waals surface area contributed by atoms with Crippen molar-refractivity contribution in [1.29, 1.82) is 0 Å². The van der Waals surface area contributed by atoms with E-state index in [4.69, 9.17) is 4.74 Å². The third-order valence-electron chi connectivity index (χ3n) is 2.09. The predicted octanol–water partition coefficient (Wildman–Crippen LogP) is 1.56. The minimum atomic E-state index is 0.105. The van der Waals surface area contributed by atoms with Crippen LogP contribution in [0.3, 0.4) is 0 Å². The highest BCUT2D eigenvalue weighted by atomic mass is 32.2. The number of nitrogens with one attached hydrogen (secondary N) is 1. The lowest BCUT2D eigenvalue weighted by Crippen LogP contribution is -2.18. The molecule has 3 nitrogen and oxygen atoms in total. The Bertz CT molecular complexity index is 336. The first-order valence-electron chi connectivity index (χ1n) is 4.34. The molecular weight excluding hydrogens is 198 g/mol. The van der Waals surface area contributed by atoms with E-state index in [1.54, 1.807) is 18.9 Å². The lowest BCUT2D eigenvalue weighted by molar-refractivity contribution is -0.118. The summed E-state index contributed by atoms with van der Waals surface area (Å²) in [5.41, 5.74) is 1.11. The number of methoxy groups -OCH3 is 1. The third kappa shape index (κ3) is 1.85. The van der Waals surface area contributed by atoms with Crippen molar-refractivity contribution in [3.05, 3.63) is 29.8 Å². The molecule has 1 atom stereocenters. The number of amides is 1. The number of rotatable bonds is 2. The summed E-state index contributed by atoms with van der Waals surface area (Å²) >= 11 is 1.62. The van der Waals surface area contributed by atoms with E-state index >= 15 is 0 Å². The largest absolute Gasteiger partial charge is 0.497 e. The van der Waals surface area contributed by atoms with E-state index in [0.29, 0.717) is 5.75 Å². The molecule has 0 saturated carbocycles. The molecule has 1 aliphatic rings. The van der Waals surface area contributed by atoms with Crippen LogP contribution in [-0.2, 0) is 4.79 Å². The molecule has 0 aliphatic carbocycles. The lowest BCUT2D eigenvalue weighted by atomic mass is 10.2. The average molecular weight is 209 g/mol. The van der Waals surface area contributed by atoms with Gasteiger partial charge in [-0.1, -0.05) is 12.1 Å². The van der Waals surface area contributed by atoms with Crippen molar-refractivity contribution in [1.82, 2.24) is 5.32 Å². The van der Waals surface area contributed by atoms with Crippen LogP contribution in [0.1, 0.15) is 10.9 Å². The van der Waals surface area contributed by atoms with Gasteiger partial charge >= 0.3 is 0 Å². The molecule has 0 radical (unpaired) electrons. The van der Waals surface area contributed by atoms with E-state index in [-0.39, 0.29) is 11.3 Å². The van der Waals surface area contributed by atoms with Crippen LogP contribution in [0.2, 0.25) is 0 Å². The minimum absolute atomic E-state index is 0.105. The summed E-state index contributed by atoms with van der Waals surface area (Å²) in [6.07, 6.45) is 0. The standard InChI is InChI=1S/C10H11NO2S/c1-13-8-4-2-7(3-5-8)10-11-9(12)6-14-10/h2-5,10H,6H2,1H3,(H,11,12)/t10-/m1/s1. The second-order valence-electron chi connectivity index (χ2n) is 3.03. The van der Waals surface area contributed by atoms with Crippen LogP contribution in [0, 0.1) is 0 Å². The van der Waals surface area contributed by atoms with Gasteiger partial charge in [0, 0.05) is 0 Å². The summed E-state index contributed by atoms with van der Waals surface area (Å²) in [6.45, 7) is 0. The Kier molecular flexibility index (Phi) is 2.63. The van der Waals surface area contributed by atoms with Gasteiger partial charge in [-0.3, -0.25) is 4.79 Å². The van der Waals surface area contributed by atoms with Crippen molar-refractivity contribution in [2.75, 3.05) is 12.9 Å². The second-order valence-corrected chi connectivity index (χ2v) is 4.13. The van der Waals surface area contributed by atoms with E-state index in [1.165, 1.54) is 0 Å². The van der Waals surface area contributed by atoms with Gasteiger partial charge in [0.1, 0.15) is 11.1 Å². The van der Waals surface area contributed by atoms with Gasteiger partial charge in [0.2, 0.25) is 5.91 Å². The lowest BCUT2D eigenvalue weighted by Gasteiger charge is -2.09. The number of hydrogen-bond acceptors (Lipinski definition) is 3. The van der Waals surface area contributed by atoms with Crippen LogP contribution in [0.25, 0.3) is 0 Å². The zero-order valence-electron chi connectivity index (χ0n) is 7.82. The molecule has 2 rings (SSSR count). The Morgan fingerprint density at radius 2 is 2.14 bits per heavy atom. The quantitative estimate of drug-likeness (QED) is 0.803. The van der Waals surface area contributed by atoms with E-state index in [9.17, 15) is 4.79 Å². The molecule has 14 heavy (non-hydrogen) atoms. The fraction of sp³-hybridized carbons (Fsp3) is 0.300. The van der Waals surface area contributed by atoms with Crippen LogP contribution in [0.5, 0.6) is 5.75 Å². The van der Waals surface area contributed by atoms with Gasteiger partial charge < -0.3 is 10.1 Å². The first-order chi connectivity index (χ1) is 6.79. The summed E-state index contributed by atoms with van der Waals surface area (Å²) in [5.74, 6) is 1.50. The molecule has 0 spiro atoms. The van der Waals surface area contributed by atoms with Crippen LogP contribution < -0.4 is 10.1 Å². The van der Waals surface area contributed by atoms with E-state index in [2.05, 4.69) is 5.32 Å². The van der Waals surface area contributed by atoms with Gasteiger partial charge in [0.15, 0.2) is 0 Å². The number of ether oxygens (including phenoxy) is 1. The highest BCUT2D eigenvalue weighted by Gasteiger charge is 2.22. The van der Waals surface area contributed by atoms with Gasteiger partial charge in [-0.15, -0.1) is 11.8 Å². The number of hydrogen-bond donors (Lipinski definition) is 1. The molecule has 0 bridgehead atoms. The van der Waals surface area contributed by atoms with Gasteiger partial charge in [0.25, 0.3) is 0 Å². The molecule has 1 heterocycles. The summed E-state index contributed by atoms with van der Waals surface area (Å²) < 4.78 is 5.06. The number of thioether (sulfide) groups is 1. The second kappa shape index (κ2) is 3.92. The summed E-state index contributed by atoms with van der Waals surface area (Å²) in [6, 6.07) is 7.75. The normalized spacial score (nSPS) is 20.6. The van der Waals surface area contributed by atoms with Gasteiger partial charge in [-0.2, -0.15) is 0 Å². The third-order valence-corrected chi connectivity index (χ3v) is 3.24. The van der Waals surface area contributed by atoms with Gasteiger partial charge in [-0.25, -0.2) is 0 Å². The molecule has 1 amide bonds. The molecule has 4 heteroatoms. The molecule has 1 aliphatic heterocycles. The van der Waals surface area contributed by atoms with E-state index in [0.717, 1.165) is 11.3 Å². The van der Waals surface area contributed by atoms with Crippen molar-refractivity contribution in [2.24, 2.45) is 0 Å². The van der Waals surface area contributed by atoms with Crippen molar-refractivity contribution in [3.63, 3.8) is 0 Å². The van der Waals surface area contributed by atoms with Crippen LogP contribution in [0.15, 0.2) is 24.3 Å². The number of carbonyl (C=O) groups is 1. The van der Waals surface area contributed by atoms with Gasteiger partial charge in [0.05, 0.1) is 12.9 Å². The zero-order valence-corrected chi connectivity index (χ0v) is 8.64. The Morgan fingerprint density at radius 1 is 1.43 bits per heavy atom. The van der Waals surface area contributed by atoms with Crippen LogP contribution in [0.4, 0.5) is 0 Å². The zero-order chi connectivity index (χ0) is 9.97. The molecular formula is C10H11NO2S. The van der Waals surface area contributed by atoms with E-state index < -0.39 is 0 Å². The first kappa shape index (κ1) is 9.40. The SMILES string of the molecule is COc1ccc([C@@H]2NC(=O)CS2)cc1. The molecule has 1 saturated heterocycles. The van der Waals surface area contributed by atoms with Crippen molar-refractivity contribution in [3.8, 4) is 5.75 Å². The summed E-state index contributed by atoms with van der Waals surface area (Å²) in [7, 11) is 1.64. The molecule has 0 unspecified atom stereocenters. The maximum absolute atomic E-state index is 11.0. The van der Waals surface area contributed by atoms with Crippen LogP contribution >= 0.6 is 11.8 Å². The summed E-state index contributed by atoms with van der Waals surface area (Å²) in [5, 5.41) is 3.00. The van der Waals surface area contributed by atoms with Crippen LogP contribution in [-0.4, -0.2) is 18.8 Å². The maximum atomic E-state index is 11.0. The Hall–Kier alpha value is -1.16. The Labute approximate surface area is 86.8 Å². The highest BCUT2D eigenvalue weighted by molar-refractivity contribution is 8.00. The van der Waals surface area contributed by atoms with E-state index in [1.807, 2.05) is 24.3 Å². The molecule has 1 aromatic carbocycles. The maximum Gasteiger partial charge on any atom is 0.231 e. The molecule has 1 aromatic rings. The monoisotopic (exact) mass is 209 g/mol. The van der Waals surface area contributed by atoms with Gasteiger partial charge in [-0.05, 0) is 17.7 Å². The molecule has 1 N–H and O–H groups in total. The smallest absolute Gasteiger partial charge is 0.231 e. The Balaban J connectivity index is 2.13.